The molecule has 16 rings (SSSR count). The van der Waals surface area contributed by atoms with Gasteiger partial charge in [0.15, 0.2) is 11.2 Å². The zero-order valence-corrected chi connectivity index (χ0v) is 44.7. The first-order valence-corrected chi connectivity index (χ1v) is 27.2. The molecule has 2 heterocycles. The van der Waals surface area contributed by atoms with Crippen molar-refractivity contribution in [2.45, 2.75) is 0 Å². The van der Waals surface area contributed by atoms with Crippen LogP contribution in [0.5, 0.6) is 0 Å². The molecule has 0 aliphatic carbocycles. The van der Waals surface area contributed by atoms with Gasteiger partial charge in [-0.25, -0.2) is 0 Å². The highest BCUT2D eigenvalue weighted by atomic mass is 79.9. The van der Waals surface area contributed by atoms with Gasteiger partial charge in [-0.1, -0.05) is 218 Å². The Labute approximate surface area is 456 Å². The van der Waals surface area contributed by atoms with Crippen LogP contribution in [0.3, 0.4) is 0 Å². The van der Waals surface area contributed by atoms with Gasteiger partial charge in [-0.15, -0.1) is 0 Å². The predicted octanol–water partition coefficient (Wildman–Crippen LogP) is 22.2. The van der Waals surface area contributed by atoms with Crippen molar-refractivity contribution in [1.29, 1.82) is 0 Å². The van der Waals surface area contributed by atoms with E-state index in [9.17, 15) is 0 Å². The van der Waals surface area contributed by atoms with E-state index in [0.717, 1.165) is 85.7 Å². The smallest absolute Gasteiger partial charge is 0.159 e. The minimum Gasteiger partial charge on any atom is -0.454 e. The Morgan fingerprint density at radius 2 is 0.707 bits per heavy atom. The molecular formula is C68H41Br3N2O2. The average Bonchev–Trinajstić information content (AvgIpc) is 4.05. The number of nitrogens with zero attached hydrogens (tertiary/aromatic N) is 1. The van der Waals surface area contributed by atoms with E-state index in [-0.39, 0.29) is 0 Å². The third kappa shape index (κ3) is 7.76. The van der Waals surface area contributed by atoms with Crippen LogP contribution in [0.2, 0.25) is 0 Å². The number of nitrogens with one attached hydrogen (secondary N) is 1. The molecule has 0 amide bonds. The summed E-state index contributed by atoms with van der Waals surface area (Å²) in [6, 6.07) is 84.9. The molecule has 0 spiro atoms. The van der Waals surface area contributed by atoms with Gasteiger partial charge in [0.25, 0.3) is 0 Å². The molecule has 2 aromatic heterocycles. The summed E-state index contributed by atoms with van der Waals surface area (Å²) in [6.45, 7) is 0. The number of hydrogen-bond donors (Lipinski definition) is 1. The highest BCUT2D eigenvalue weighted by molar-refractivity contribution is 9.11. The summed E-state index contributed by atoms with van der Waals surface area (Å²) in [4.78, 5) is 2.34. The lowest BCUT2D eigenvalue weighted by Gasteiger charge is -2.27. The number of hydrogen-bond acceptors (Lipinski definition) is 4. The van der Waals surface area contributed by atoms with Crippen molar-refractivity contribution in [3.05, 3.63) is 256 Å². The molecule has 1 N–H and O–H groups in total. The summed E-state index contributed by atoms with van der Waals surface area (Å²) in [6.07, 6.45) is 0. The lowest BCUT2D eigenvalue weighted by molar-refractivity contribution is 0.669. The third-order valence-electron chi connectivity index (χ3n) is 14.5. The van der Waals surface area contributed by atoms with Crippen molar-refractivity contribution in [2.24, 2.45) is 0 Å². The number of para-hydroxylation sites is 6. The molecule has 0 aliphatic heterocycles. The van der Waals surface area contributed by atoms with Gasteiger partial charge in [-0.2, -0.15) is 0 Å². The SMILES string of the molecule is Brc1ccc2ccc3c(Br)ccc4ccc1c2c43.Brc1ccc2ccc3c(N(c4ccccc4)c4cccc5c4oc4ccccc45)ccc4ccc1c2c43.c1ccc(Nc2cccc3c2oc2ccccc23)cc1. The predicted molar refractivity (Wildman–Crippen MR) is 329 cm³/mol. The van der Waals surface area contributed by atoms with Gasteiger partial charge in [-0.3, -0.25) is 0 Å². The second kappa shape index (κ2) is 18.6. The molecule has 0 saturated carbocycles. The lowest BCUT2D eigenvalue weighted by atomic mass is 9.93. The first-order valence-electron chi connectivity index (χ1n) is 24.8. The Kier molecular flexibility index (Phi) is 11.3. The van der Waals surface area contributed by atoms with Gasteiger partial charge in [-0.05, 0) is 132 Å². The fourth-order valence-electron chi connectivity index (χ4n) is 11.1. The van der Waals surface area contributed by atoms with Gasteiger partial charge in [0.1, 0.15) is 11.2 Å². The van der Waals surface area contributed by atoms with E-state index >= 15 is 0 Å². The van der Waals surface area contributed by atoms with Crippen LogP contribution in [0, 0.1) is 0 Å². The Balaban J connectivity index is 0.000000114. The van der Waals surface area contributed by atoms with E-state index in [0.29, 0.717) is 0 Å². The number of rotatable bonds is 5. The zero-order chi connectivity index (χ0) is 50.1. The van der Waals surface area contributed by atoms with Crippen LogP contribution in [0.4, 0.5) is 28.4 Å². The van der Waals surface area contributed by atoms with Gasteiger partial charge in [0.05, 0.1) is 17.1 Å². The molecular weight excluding hydrogens is 1120 g/mol. The quantitative estimate of drug-likeness (QED) is 0.174. The maximum Gasteiger partial charge on any atom is 0.159 e. The van der Waals surface area contributed by atoms with Gasteiger partial charge in [0.2, 0.25) is 0 Å². The van der Waals surface area contributed by atoms with E-state index in [1.54, 1.807) is 0 Å². The highest BCUT2D eigenvalue weighted by Gasteiger charge is 2.23. The molecule has 0 fully saturated rings. The largest absolute Gasteiger partial charge is 0.454 e. The number of anilines is 5. The van der Waals surface area contributed by atoms with Crippen molar-refractivity contribution < 1.29 is 8.83 Å². The fraction of sp³-hybridized carbons (Fsp3) is 0. The van der Waals surface area contributed by atoms with E-state index in [4.69, 9.17) is 8.83 Å². The number of fused-ring (bicyclic) bond motifs is 6. The van der Waals surface area contributed by atoms with Crippen molar-refractivity contribution >= 4 is 185 Å². The fourth-order valence-corrected chi connectivity index (χ4v) is 12.5. The maximum absolute atomic E-state index is 6.50. The van der Waals surface area contributed by atoms with Crippen LogP contribution in [-0.2, 0) is 0 Å². The highest BCUT2D eigenvalue weighted by Crippen LogP contribution is 2.48. The average molecular weight is 1160 g/mol. The van der Waals surface area contributed by atoms with E-state index < -0.39 is 0 Å². The Morgan fingerprint density at radius 3 is 1.27 bits per heavy atom. The number of halogens is 3. The van der Waals surface area contributed by atoms with Crippen molar-refractivity contribution in [2.75, 3.05) is 10.2 Å². The van der Waals surface area contributed by atoms with Gasteiger partial charge in [0, 0.05) is 51.7 Å². The van der Waals surface area contributed by atoms with Crippen molar-refractivity contribution in [3.8, 4) is 0 Å². The van der Waals surface area contributed by atoms with Gasteiger partial charge >= 0.3 is 0 Å². The van der Waals surface area contributed by atoms with E-state index in [2.05, 4.69) is 234 Å². The molecule has 0 bridgehead atoms. The van der Waals surface area contributed by atoms with Crippen LogP contribution in [0.25, 0.3) is 109 Å². The number of furan rings is 2. The number of benzene rings is 14. The minimum atomic E-state index is 0.890. The van der Waals surface area contributed by atoms with Gasteiger partial charge < -0.3 is 19.1 Å². The molecule has 0 atom stereocenters. The minimum absolute atomic E-state index is 0.890. The molecule has 75 heavy (non-hydrogen) atoms. The molecule has 0 radical (unpaired) electrons. The standard InChI is InChI=1S/C34H20BrNO.C18H13NO.C16H8Br2/c35-28-19-15-21-14-18-27-29(20-16-22-13-17-26(28)32(21)33(22)27)36(23-7-2-1-3-8-23)30-11-6-10-25-24-9-4-5-12-31(24)37-34(25)30;1-2-7-13(8-3-1)19-16-11-6-10-15-14-9-4-5-12-17(14)20-18(15)16;17-13-8-4-10-2-6-12-14(18)7-3-9-1-5-11(13)16(10)15(9)12/h1-20H;1-12,19H;1-8H. The molecule has 356 valence electrons. The maximum atomic E-state index is 6.50. The lowest BCUT2D eigenvalue weighted by Crippen LogP contribution is -2.10. The van der Waals surface area contributed by atoms with Crippen molar-refractivity contribution in [1.82, 2.24) is 0 Å². The summed E-state index contributed by atoms with van der Waals surface area (Å²) < 4.78 is 15.9. The molecule has 7 heteroatoms. The Bertz CT molecular complexity index is 4720. The molecule has 4 nitrogen and oxygen atoms in total. The second-order valence-corrected chi connectivity index (χ2v) is 21.3. The van der Waals surface area contributed by atoms with Crippen LogP contribution in [0.15, 0.2) is 265 Å². The monoisotopic (exact) mass is 1150 g/mol. The summed E-state index contributed by atoms with van der Waals surface area (Å²) in [5.74, 6) is 0. The summed E-state index contributed by atoms with van der Waals surface area (Å²) >= 11 is 11.1. The zero-order valence-electron chi connectivity index (χ0n) is 40.0. The topological polar surface area (TPSA) is 41.6 Å². The first-order chi connectivity index (χ1) is 36.9. The first kappa shape index (κ1) is 45.4. The van der Waals surface area contributed by atoms with E-state index in [1.165, 1.54) is 64.6 Å². The van der Waals surface area contributed by atoms with Crippen LogP contribution < -0.4 is 10.2 Å². The summed E-state index contributed by atoms with van der Waals surface area (Å²) in [5, 5.41) is 23.3. The van der Waals surface area contributed by atoms with E-state index in [1.807, 2.05) is 66.7 Å². The Hall–Kier alpha value is -8.20. The normalized spacial score (nSPS) is 11.7. The van der Waals surface area contributed by atoms with Crippen LogP contribution in [0.1, 0.15) is 0 Å². The molecule has 16 aromatic rings. The second-order valence-electron chi connectivity index (χ2n) is 18.8. The molecule has 0 saturated heterocycles. The molecule has 14 aromatic carbocycles. The third-order valence-corrected chi connectivity index (χ3v) is 16.6. The van der Waals surface area contributed by atoms with Crippen LogP contribution in [-0.4, -0.2) is 0 Å². The summed E-state index contributed by atoms with van der Waals surface area (Å²) in [5.41, 5.74) is 8.90. The molecule has 0 aliphatic rings. The molecule has 0 unspecified atom stereocenters. The Morgan fingerprint density at radius 1 is 0.293 bits per heavy atom. The van der Waals surface area contributed by atoms with Crippen molar-refractivity contribution in [3.63, 3.8) is 0 Å². The summed E-state index contributed by atoms with van der Waals surface area (Å²) in [7, 11) is 0. The van der Waals surface area contributed by atoms with Crippen LogP contribution >= 0.6 is 47.8 Å².